The molecule has 0 saturated carbocycles. The zero-order valence-corrected chi connectivity index (χ0v) is 23.8. The Morgan fingerprint density at radius 1 is 0.900 bits per heavy atom. The molecule has 0 aliphatic carbocycles. The third kappa shape index (κ3) is 7.64. The van der Waals surface area contributed by atoms with Crippen molar-refractivity contribution in [2.45, 2.75) is 89.0 Å². The van der Waals surface area contributed by atoms with Crippen LogP contribution in [0.5, 0.6) is 0 Å². The van der Waals surface area contributed by atoms with Crippen molar-refractivity contribution in [2.24, 2.45) is 11.8 Å². The molecule has 0 aromatic heterocycles. The lowest BCUT2D eigenvalue weighted by Crippen LogP contribution is -2.63. The average Bonchev–Trinajstić information content (AvgIpc) is 3.30. The monoisotopic (exact) mass is 582 g/mol. The Morgan fingerprint density at radius 3 is 2.20 bits per heavy atom. The summed E-state index contributed by atoms with van der Waals surface area (Å²) in [5.41, 5.74) is 0. The van der Waals surface area contributed by atoms with E-state index >= 15 is 0 Å². The number of carbonyl (C=O) groups is 7. The minimum absolute atomic E-state index is 0.0604. The Morgan fingerprint density at radius 2 is 1.57 bits per heavy atom. The van der Waals surface area contributed by atoms with E-state index in [2.05, 4.69) is 26.6 Å². The number of thioether (sulfide) groups is 1. The number of aliphatic carboxylic acids is 1. The molecular weight excluding hydrogens is 544 g/mol. The molecule has 14 nitrogen and oxygen atoms in total. The highest BCUT2D eigenvalue weighted by Crippen LogP contribution is 2.36. The van der Waals surface area contributed by atoms with Crippen LogP contribution >= 0.6 is 11.8 Å². The number of hydrogen-bond acceptors (Lipinski definition) is 8. The summed E-state index contributed by atoms with van der Waals surface area (Å²) in [5, 5.41) is 21.8. The maximum Gasteiger partial charge on any atom is 0.305 e. The first-order valence-electron chi connectivity index (χ1n) is 13.4. The molecule has 222 valence electrons. The fraction of sp³-hybridized carbons (Fsp3) is 0.720. The molecule has 15 heteroatoms. The van der Waals surface area contributed by atoms with Gasteiger partial charge in [0.15, 0.2) is 0 Å². The van der Waals surface area contributed by atoms with E-state index in [1.54, 1.807) is 13.8 Å². The van der Waals surface area contributed by atoms with Crippen LogP contribution in [0.15, 0.2) is 0 Å². The van der Waals surface area contributed by atoms with Gasteiger partial charge in [-0.25, -0.2) is 0 Å². The number of fused-ring (bicyclic) bond motifs is 1. The third-order valence-electron chi connectivity index (χ3n) is 7.01. The molecule has 0 aromatic rings. The van der Waals surface area contributed by atoms with Gasteiger partial charge in [0, 0.05) is 5.75 Å². The number of carboxylic acid groups (broad SMARTS) is 1. The molecule has 0 radical (unpaired) electrons. The number of rotatable bonds is 5. The predicted octanol–water partition coefficient (Wildman–Crippen LogP) is -1.70. The van der Waals surface area contributed by atoms with Crippen molar-refractivity contribution < 1.29 is 38.7 Å². The Hall–Kier alpha value is -3.36. The molecular formula is C25H38N6O8S. The topological polar surface area (TPSA) is 203 Å². The van der Waals surface area contributed by atoms with Crippen LogP contribution in [-0.4, -0.2) is 99.3 Å². The van der Waals surface area contributed by atoms with Crippen LogP contribution in [0.4, 0.5) is 0 Å². The highest BCUT2D eigenvalue weighted by molar-refractivity contribution is 8.00. The largest absolute Gasteiger partial charge is 0.481 e. The molecule has 3 saturated heterocycles. The number of carbonyl (C=O) groups excluding carboxylic acids is 6. The van der Waals surface area contributed by atoms with E-state index in [1.807, 2.05) is 13.8 Å². The van der Waals surface area contributed by atoms with E-state index in [9.17, 15) is 38.7 Å². The van der Waals surface area contributed by atoms with E-state index in [0.29, 0.717) is 18.6 Å². The molecule has 2 bridgehead atoms. The van der Waals surface area contributed by atoms with Crippen LogP contribution in [0, 0.1) is 11.8 Å². The maximum atomic E-state index is 13.4. The van der Waals surface area contributed by atoms with Crippen LogP contribution < -0.4 is 26.6 Å². The van der Waals surface area contributed by atoms with Crippen molar-refractivity contribution in [3.8, 4) is 0 Å². The molecule has 3 aliphatic heterocycles. The first-order chi connectivity index (χ1) is 18.8. The summed E-state index contributed by atoms with van der Waals surface area (Å²) in [6, 6.07) is -5.55. The molecule has 3 fully saturated rings. The lowest BCUT2D eigenvalue weighted by molar-refractivity contribution is -0.146. The molecule has 3 aliphatic rings. The smallest absolute Gasteiger partial charge is 0.305 e. The minimum Gasteiger partial charge on any atom is -0.481 e. The van der Waals surface area contributed by atoms with Gasteiger partial charge in [-0.1, -0.05) is 27.7 Å². The molecule has 0 spiro atoms. The predicted molar refractivity (Wildman–Crippen MR) is 143 cm³/mol. The third-order valence-corrected chi connectivity index (χ3v) is 8.36. The molecule has 6 N–H and O–H groups in total. The quantitative estimate of drug-likeness (QED) is 0.218. The van der Waals surface area contributed by atoms with Crippen molar-refractivity contribution >= 4 is 53.2 Å². The van der Waals surface area contributed by atoms with Crippen molar-refractivity contribution in [1.29, 1.82) is 0 Å². The minimum atomic E-state index is -1.54. The lowest BCUT2D eigenvalue weighted by atomic mass is 9.98. The maximum absolute atomic E-state index is 13.4. The van der Waals surface area contributed by atoms with Crippen LogP contribution in [0.3, 0.4) is 0 Å². The molecule has 0 unspecified atom stereocenters. The molecule has 6 amide bonds. The van der Waals surface area contributed by atoms with Crippen molar-refractivity contribution in [2.75, 3.05) is 12.3 Å². The Bertz CT molecular complexity index is 1050. The standard InChI is InChI=1S/C25H38N6O8S/c1-11(2)7-14-21(35)29-15(8-19(33)34)22(36)30-20(12(3)4)24(38)28-13-5-6-18-31(25(13)39)16(10-40-18)23(37)26-9-17(32)27-14/h11-16,18,20H,5-10H2,1-4H3,(H,26,37)(H,27,32)(H,28,38)(H,29,35)(H,30,36)(H,33,34)/t13-,14-,15-,16-,18-,20-/m0/s1. The number of piperidine rings is 1. The number of amides is 6. The highest BCUT2D eigenvalue weighted by atomic mass is 32.2. The zero-order chi connectivity index (χ0) is 29.7. The molecule has 0 aromatic carbocycles. The summed E-state index contributed by atoms with van der Waals surface area (Å²) in [4.78, 5) is 91.6. The van der Waals surface area contributed by atoms with Gasteiger partial charge in [0.25, 0.3) is 0 Å². The van der Waals surface area contributed by atoms with E-state index in [0.717, 1.165) is 0 Å². The zero-order valence-electron chi connectivity index (χ0n) is 23.0. The second kappa shape index (κ2) is 13.3. The van der Waals surface area contributed by atoms with Gasteiger partial charge in [-0.05, 0) is 31.1 Å². The summed E-state index contributed by atoms with van der Waals surface area (Å²) >= 11 is 1.45. The van der Waals surface area contributed by atoms with Crippen LogP contribution in [0.1, 0.15) is 53.4 Å². The summed E-state index contributed by atoms with van der Waals surface area (Å²) in [7, 11) is 0. The first-order valence-corrected chi connectivity index (χ1v) is 14.5. The second-order valence-corrected chi connectivity index (χ2v) is 12.3. The first kappa shape index (κ1) is 31.2. The van der Waals surface area contributed by atoms with Crippen molar-refractivity contribution in [3.63, 3.8) is 0 Å². The Kier molecular flexibility index (Phi) is 10.4. The fourth-order valence-corrected chi connectivity index (χ4v) is 6.40. The number of nitrogens with one attached hydrogen (secondary N) is 5. The van der Waals surface area contributed by atoms with E-state index in [4.69, 9.17) is 0 Å². The van der Waals surface area contributed by atoms with Gasteiger partial charge in [0.05, 0.1) is 18.3 Å². The van der Waals surface area contributed by atoms with Crippen LogP contribution in [0.25, 0.3) is 0 Å². The average molecular weight is 583 g/mol. The summed E-state index contributed by atoms with van der Waals surface area (Å²) in [6.07, 6.45) is 0.282. The van der Waals surface area contributed by atoms with Gasteiger partial charge in [0.2, 0.25) is 35.4 Å². The van der Waals surface area contributed by atoms with E-state index in [1.165, 1.54) is 16.7 Å². The van der Waals surface area contributed by atoms with Gasteiger partial charge in [-0.3, -0.25) is 33.6 Å². The highest BCUT2D eigenvalue weighted by Gasteiger charge is 2.47. The van der Waals surface area contributed by atoms with Gasteiger partial charge >= 0.3 is 5.97 Å². The second-order valence-electron chi connectivity index (χ2n) is 11.0. The number of nitrogens with zero attached hydrogens (tertiary/aromatic N) is 1. The molecule has 3 rings (SSSR count). The molecule has 6 atom stereocenters. The van der Waals surface area contributed by atoms with E-state index in [-0.39, 0.29) is 17.7 Å². The molecule has 40 heavy (non-hydrogen) atoms. The van der Waals surface area contributed by atoms with Crippen LogP contribution in [-0.2, 0) is 33.6 Å². The van der Waals surface area contributed by atoms with Crippen molar-refractivity contribution in [1.82, 2.24) is 31.5 Å². The van der Waals surface area contributed by atoms with Crippen molar-refractivity contribution in [3.05, 3.63) is 0 Å². The normalized spacial score (nSPS) is 30.6. The Labute approximate surface area is 236 Å². The summed E-state index contributed by atoms with van der Waals surface area (Å²) in [6.45, 7) is 6.52. The number of carboxylic acids is 1. The summed E-state index contributed by atoms with van der Waals surface area (Å²) < 4.78 is 0. The van der Waals surface area contributed by atoms with Gasteiger partial charge < -0.3 is 36.6 Å². The lowest BCUT2D eigenvalue weighted by Gasteiger charge is -2.37. The Balaban J connectivity index is 1.94. The summed E-state index contributed by atoms with van der Waals surface area (Å²) in [5.74, 6) is -5.45. The number of hydrogen-bond donors (Lipinski definition) is 6. The molecule has 3 heterocycles. The fourth-order valence-electron chi connectivity index (χ4n) is 4.97. The van der Waals surface area contributed by atoms with Gasteiger partial charge in [0.1, 0.15) is 30.2 Å². The van der Waals surface area contributed by atoms with E-state index < -0.39 is 90.5 Å². The van der Waals surface area contributed by atoms with Gasteiger partial charge in [-0.2, -0.15) is 0 Å². The van der Waals surface area contributed by atoms with Crippen LogP contribution in [0.2, 0.25) is 0 Å². The van der Waals surface area contributed by atoms with Gasteiger partial charge in [-0.15, -0.1) is 11.8 Å². The SMILES string of the molecule is CC(C)C[C@@H]1NC(=O)CNC(=O)[C@@H]2CS[C@H]3CC[C@H](NC(=O)[C@H](C(C)C)NC(=O)[C@H](CC(=O)O)NC1=O)C(=O)N32.